The first-order valence-electron chi connectivity index (χ1n) is 6.41. The zero-order valence-electron chi connectivity index (χ0n) is 11.3. The lowest BCUT2D eigenvalue weighted by Gasteiger charge is -2.39. The molecule has 0 radical (unpaired) electrons. The maximum atomic E-state index is 10.9. The first kappa shape index (κ1) is 13.6. The minimum Gasteiger partial charge on any atom is -0.465 e. The Bertz CT molecular complexity index is 321. The zero-order chi connectivity index (χ0) is 13.3. The molecule has 0 aromatic heterocycles. The number of amides is 1. The molecule has 0 aromatic carbocycles. The van der Waals surface area contributed by atoms with Gasteiger partial charge < -0.3 is 19.5 Å². The monoisotopic (exact) mass is 258 g/mol. The van der Waals surface area contributed by atoms with Crippen molar-refractivity contribution in [3.05, 3.63) is 0 Å². The molecule has 2 aliphatic rings. The highest BCUT2D eigenvalue weighted by Gasteiger charge is 2.35. The summed E-state index contributed by atoms with van der Waals surface area (Å²) in [6.45, 7) is 9.18. The van der Waals surface area contributed by atoms with Crippen molar-refractivity contribution in [2.45, 2.75) is 38.7 Å². The molecule has 1 amide bonds. The third kappa shape index (κ3) is 3.13. The molecule has 18 heavy (non-hydrogen) atoms. The van der Waals surface area contributed by atoms with Crippen molar-refractivity contribution in [1.29, 1.82) is 0 Å². The third-order valence-electron chi connectivity index (χ3n) is 3.54. The van der Waals surface area contributed by atoms with E-state index in [1.165, 1.54) is 4.90 Å². The molecule has 0 bridgehead atoms. The molecule has 6 heteroatoms. The van der Waals surface area contributed by atoms with Crippen LogP contribution in [0.4, 0.5) is 4.79 Å². The van der Waals surface area contributed by atoms with Crippen molar-refractivity contribution in [2.24, 2.45) is 0 Å². The molecule has 2 rings (SSSR count). The second-order valence-corrected chi connectivity index (χ2v) is 5.52. The Morgan fingerprint density at radius 1 is 1.44 bits per heavy atom. The molecule has 0 aliphatic carbocycles. The van der Waals surface area contributed by atoms with E-state index < -0.39 is 11.9 Å². The maximum absolute atomic E-state index is 10.9. The molecule has 1 N–H and O–H groups in total. The van der Waals surface area contributed by atoms with Crippen LogP contribution in [-0.2, 0) is 9.47 Å². The van der Waals surface area contributed by atoms with Gasteiger partial charge in [0.25, 0.3) is 0 Å². The van der Waals surface area contributed by atoms with Gasteiger partial charge in [-0.1, -0.05) is 0 Å². The Balaban J connectivity index is 1.83. The number of rotatable bonds is 2. The van der Waals surface area contributed by atoms with Crippen molar-refractivity contribution in [1.82, 2.24) is 9.80 Å². The van der Waals surface area contributed by atoms with E-state index in [1.54, 1.807) is 0 Å². The second kappa shape index (κ2) is 5.03. The fraction of sp³-hybridized carbons (Fsp3) is 0.917. The first-order chi connectivity index (χ1) is 8.37. The number of hydrogen-bond donors (Lipinski definition) is 1. The number of hydrogen-bond acceptors (Lipinski definition) is 4. The average Bonchev–Trinajstić information content (AvgIpc) is 2.61. The van der Waals surface area contributed by atoms with Gasteiger partial charge in [0.1, 0.15) is 0 Å². The van der Waals surface area contributed by atoms with Gasteiger partial charge in [-0.05, 0) is 20.8 Å². The van der Waals surface area contributed by atoms with Gasteiger partial charge in [0.2, 0.25) is 0 Å². The normalized spacial score (nSPS) is 32.7. The second-order valence-electron chi connectivity index (χ2n) is 5.52. The van der Waals surface area contributed by atoms with E-state index in [1.807, 2.05) is 13.8 Å². The maximum Gasteiger partial charge on any atom is 0.407 e. The number of nitrogens with zero attached hydrogens (tertiary/aromatic N) is 2. The summed E-state index contributed by atoms with van der Waals surface area (Å²) < 4.78 is 11.3. The van der Waals surface area contributed by atoms with E-state index in [4.69, 9.17) is 14.6 Å². The van der Waals surface area contributed by atoms with Crippen LogP contribution in [0.2, 0.25) is 0 Å². The van der Waals surface area contributed by atoms with Crippen molar-refractivity contribution in [2.75, 3.05) is 32.8 Å². The van der Waals surface area contributed by atoms with E-state index in [-0.39, 0.29) is 12.1 Å². The minimum absolute atomic E-state index is 0.0822. The van der Waals surface area contributed by atoms with Crippen molar-refractivity contribution >= 4 is 6.09 Å². The number of ether oxygens (including phenoxy) is 2. The zero-order valence-corrected chi connectivity index (χ0v) is 11.3. The molecule has 0 aromatic rings. The fourth-order valence-electron chi connectivity index (χ4n) is 2.55. The van der Waals surface area contributed by atoms with Crippen LogP contribution in [0.15, 0.2) is 0 Å². The van der Waals surface area contributed by atoms with Gasteiger partial charge in [0.15, 0.2) is 5.79 Å². The van der Waals surface area contributed by atoms with Gasteiger partial charge in [-0.2, -0.15) is 0 Å². The highest BCUT2D eigenvalue weighted by atomic mass is 16.7. The SMILES string of the molecule is C[C@@H]1CN(C(=O)O)CCN1C[C@H]1COC(C)(C)O1. The third-order valence-corrected chi connectivity index (χ3v) is 3.54. The molecule has 2 fully saturated rings. The molecule has 104 valence electrons. The largest absolute Gasteiger partial charge is 0.465 e. The average molecular weight is 258 g/mol. The van der Waals surface area contributed by atoms with E-state index in [0.29, 0.717) is 19.7 Å². The molecule has 2 atom stereocenters. The standard InChI is InChI=1S/C12H22N2O4/c1-9-6-14(11(15)16)5-4-13(9)7-10-8-17-12(2,3)18-10/h9-10H,4-8H2,1-3H3,(H,15,16)/t9-,10+/m1/s1. The fourth-order valence-corrected chi connectivity index (χ4v) is 2.55. The van der Waals surface area contributed by atoms with Crippen LogP contribution in [0, 0.1) is 0 Å². The highest BCUT2D eigenvalue weighted by Crippen LogP contribution is 2.23. The summed E-state index contributed by atoms with van der Waals surface area (Å²) in [5.74, 6) is -0.489. The number of piperazine rings is 1. The molecular formula is C12H22N2O4. The van der Waals surface area contributed by atoms with Gasteiger partial charge in [-0.25, -0.2) is 4.79 Å². The summed E-state index contributed by atoms with van der Waals surface area (Å²) in [7, 11) is 0. The molecule has 0 unspecified atom stereocenters. The van der Waals surface area contributed by atoms with Gasteiger partial charge >= 0.3 is 6.09 Å². The Labute approximate surface area is 107 Å². The Morgan fingerprint density at radius 2 is 2.17 bits per heavy atom. The van der Waals surface area contributed by atoms with Crippen molar-refractivity contribution in [3.8, 4) is 0 Å². The van der Waals surface area contributed by atoms with E-state index in [0.717, 1.165) is 13.1 Å². The summed E-state index contributed by atoms with van der Waals surface area (Å²) in [6, 6.07) is 0.224. The van der Waals surface area contributed by atoms with Crippen molar-refractivity contribution < 1.29 is 19.4 Å². The van der Waals surface area contributed by atoms with Crippen LogP contribution >= 0.6 is 0 Å². The number of carbonyl (C=O) groups is 1. The summed E-state index contributed by atoms with van der Waals surface area (Å²) in [5.41, 5.74) is 0. The lowest BCUT2D eigenvalue weighted by atomic mass is 10.2. The molecule has 0 saturated carbocycles. The smallest absolute Gasteiger partial charge is 0.407 e. The summed E-state index contributed by atoms with van der Waals surface area (Å²) in [5, 5.41) is 8.96. The molecular weight excluding hydrogens is 236 g/mol. The molecule has 2 heterocycles. The Kier molecular flexibility index (Phi) is 3.79. The number of carboxylic acid groups (broad SMARTS) is 1. The van der Waals surface area contributed by atoms with Gasteiger partial charge in [0.05, 0.1) is 12.7 Å². The Hall–Kier alpha value is -0.850. The van der Waals surface area contributed by atoms with Crippen LogP contribution in [0.3, 0.4) is 0 Å². The summed E-state index contributed by atoms with van der Waals surface area (Å²) in [6.07, 6.45) is -0.748. The van der Waals surface area contributed by atoms with E-state index >= 15 is 0 Å². The van der Waals surface area contributed by atoms with E-state index in [9.17, 15) is 4.79 Å². The molecule has 6 nitrogen and oxygen atoms in total. The minimum atomic E-state index is -0.830. The topological polar surface area (TPSA) is 62.2 Å². The summed E-state index contributed by atoms with van der Waals surface area (Å²) >= 11 is 0. The van der Waals surface area contributed by atoms with Gasteiger partial charge in [-0.15, -0.1) is 0 Å². The summed E-state index contributed by atoms with van der Waals surface area (Å²) in [4.78, 5) is 14.6. The van der Waals surface area contributed by atoms with Gasteiger partial charge in [0, 0.05) is 32.2 Å². The van der Waals surface area contributed by atoms with Gasteiger partial charge in [-0.3, -0.25) is 4.90 Å². The van der Waals surface area contributed by atoms with Crippen LogP contribution in [0.1, 0.15) is 20.8 Å². The van der Waals surface area contributed by atoms with Crippen LogP contribution < -0.4 is 0 Å². The van der Waals surface area contributed by atoms with Crippen molar-refractivity contribution in [3.63, 3.8) is 0 Å². The van der Waals surface area contributed by atoms with Crippen LogP contribution in [0.25, 0.3) is 0 Å². The van der Waals surface area contributed by atoms with E-state index in [2.05, 4.69) is 11.8 Å². The van der Waals surface area contributed by atoms with Crippen LogP contribution in [0.5, 0.6) is 0 Å². The van der Waals surface area contributed by atoms with Crippen LogP contribution in [-0.4, -0.2) is 71.7 Å². The lowest BCUT2D eigenvalue weighted by Crippen LogP contribution is -2.55. The predicted octanol–water partition coefficient (Wildman–Crippen LogP) is 0.822. The Morgan fingerprint density at radius 3 is 2.67 bits per heavy atom. The quantitative estimate of drug-likeness (QED) is 0.794. The first-order valence-corrected chi connectivity index (χ1v) is 6.41. The lowest BCUT2D eigenvalue weighted by molar-refractivity contribution is -0.141. The molecule has 2 saturated heterocycles. The molecule has 0 spiro atoms. The predicted molar refractivity (Wildman–Crippen MR) is 65.5 cm³/mol. The highest BCUT2D eigenvalue weighted by molar-refractivity contribution is 5.65. The molecule has 2 aliphatic heterocycles.